The Kier molecular flexibility index (Phi) is 0.947. The topological polar surface area (TPSA) is 20.2 Å². The minimum atomic E-state index is 0.0601. The van der Waals surface area contributed by atoms with Gasteiger partial charge in [0.05, 0.1) is 6.10 Å². The van der Waals surface area contributed by atoms with E-state index in [1.165, 1.54) is 12.8 Å². The van der Waals surface area contributed by atoms with Crippen LogP contribution < -0.4 is 0 Å². The molecule has 7 atom stereocenters. The molecule has 0 aromatic rings. The first kappa shape index (κ1) is 7.05. The van der Waals surface area contributed by atoms with Gasteiger partial charge in [0.15, 0.2) is 0 Å². The first-order valence-electron chi connectivity index (χ1n) is 5.58. The molecule has 4 saturated carbocycles. The highest BCUT2D eigenvalue weighted by molar-refractivity contribution is 5.31. The van der Waals surface area contributed by atoms with Crippen LogP contribution in [0.25, 0.3) is 0 Å². The lowest BCUT2D eigenvalue weighted by molar-refractivity contribution is 0.0773. The predicted octanol–water partition coefficient (Wildman–Crippen LogP) is 1.83. The standard InChI is InChI=1S/C12H16O/c1-12-5-3-2-4-6-7-8(10(7)12)11(13)9(6)12/h2-3,6-11,13H,4-5H2,1H3. The van der Waals surface area contributed by atoms with Gasteiger partial charge in [0, 0.05) is 0 Å². The number of aliphatic hydroxyl groups is 1. The fourth-order valence-electron chi connectivity index (χ4n) is 5.23. The summed E-state index contributed by atoms with van der Waals surface area (Å²) < 4.78 is 0. The smallest absolute Gasteiger partial charge is 0.0610 e. The number of hydrogen-bond donors (Lipinski definition) is 1. The van der Waals surface area contributed by atoms with Gasteiger partial charge in [0.1, 0.15) is 0 Å². The SMILES string of the molecule is CC12CC=CCC3C4C(C(O)C31)C42. The van der Waals surface area contributed by atoms with Crippen molar-refractivity contribution < 1.29 is 5.11 Å². The molecule has 0 aromatic heterocycles. The second-order valence-electron chi connectivity index (χ2n) is 5.78. The van der Waals surface area contributed by atoms with Crippen LogP contribution in [0.2, 0.25) is 0 Å². The molecule has 0 saturated heterocycles. The quantitative estimate of drug-likeness (QED) is 0.558. The molecule has 5 aliphatic rings. The fraction of sp³-hybridized carbons (Fsp3) is 0.833. The summed E-state index contributed by atoms with van der Waals surface area (Å²) in [4.78, 5) is 0. The van der Waals surface area contributed by atoms with Crippen LogP contribution >= 0.6 is 0 Å². The second-order valence-corrected chi connectivity index (χ2v) is 5.78. The van der Waals surface area contributed by atoms with Crippen molar-refractivity contribution in [2.75, 3.05) is 0 Å². The van der Waals surface area contributed by atoms with Crippen LogP contribution in [-0.4, -0.2) is 11.2 Å². The van der Waals surface area contributed by atoms with Crippen molar-refractivity contribution in [2.45, 2.75) is 25.9 Å². The van der Waals surface area contributed by atoms with Crippen LogP contribution in [0.1, 0.15) is 19.8 Å². The lowest BCUT2D eigenvalue weighted by Crippen LogP contribution is -2.28. The van der Waals surface area contributed by atoms with E-state index in [0.29, 0.717) is 17.3 Å². The monoisotopic (exact) mass is 176 g/mol. The van der Waals surface area contributed by atoms with E-state index in [9.17, 15) is 5.11 Å². The second kappa shape index (κ2) is 1.75. The molecule has 0 radical (unpaired) electrons. The van der Waals surface area contributed by atoms with E-state index in [1.54, 1.807) is 0 Å². The molecule has 1 nitrogen and oxygen atoms in total. The highest BCUT2D eigenvalue weighted by Gasteiger charge is 2.81. The van der Waals surface area contributed by atoms with Crippen molar-refractivity contribution >= 4 is 0 Å². The highest BCUT2D eigenvalue weighted by atomic mass is 16.3. The summed E-state index contributed by atoms with van der Waals surface area (Å²) in [6.45, 7) is 2.42. The van der Waals surface area contributed by atoms with E-state index in [0.717, 1.165) is 17.8 Å². The molecule has 70 valence electrons. The third-order valence-corrected chi connectivity index (χ3v) is 5.51. The van der Waals surface area contributed by atoms with Crippen molar-refractivity contribution in [3.63, 3.8) is 0 Å². The van der Waals surface area contributed by atoms with Crippen molar-refractivity contribution in [3.05, 3.63) is 12.2 Å². The molecular formula is C12H16O. The minimum absolute atomic E-state index is 0.0601. The largest absolute Gasteiger partial charge is 0.392 e. The van der Waals surface area contributed by atoms with Crippen LogP contribution in [0.5, 0.6) is 0 Å². The van der Waals surface area contributed by atoms with E-state index in [4.69, 9.17) is 0 Å². The molecular weight excluding hydrogens is 160 g/mol. The molecule has 1 heteroatoms. The predicted molar refractivity (Wildman–Crippen MR) is 49.9 cm³/mol. The molecule has 0 spiro atoms. The normalized spacial score (nSPS) is 71.2. The van der Waals surface area contributed by atoms with Crippen LogP contribution in [-0.2, 0) is 0 Å². The van der Waals surface area contributed by atoms with Crippen molar-refractivity contribution in [1.82, 2.24) is 0 Å². The van der Waals surface area contributed by atoms with Crippen LogP contribution in [0.4, 0.5) is 0 Å². The molecule has 0 aromatic carbocycles. The average Bonchev–Trinajstić information content (AvgIpc) is 2.66. The Balaban J connectivity index is 1.90. The van der Waals surface area contributed by atoms with Crippen molar-refractivity contribution in [3.8, 4) is 0 Å². The molecule has 4 fully saturated rings. The van der Waals surface area contributed by atoms with Gasteiger partial charge in [0.25, 0.3) is 0 Å². The zero-order chi connectivity index (χ0) is 8.79. The summed E-state index contributed by atoms with van der Waals surface area (Å²) in [6.07, 6.45) is 7.24. The van der Waals surface area contributed by atoms with Crippen LogP contribution in [0.3, 0.4) is 0 Å². The first-order valence-corrected chi connectivity index (χ1v) is 5.58. The van der Waals surface area contributed by atoms with E-state index in [2.05, 4.69) is 19.1 Å². The number of rotatable bonds is 0. The van der Waals surface area contributed by atoms with Gasteiger partial charge in [-0.2, -0.15) is 0 Å². The lowest BCUT2D eigenvalue weighted by atomic mass is 9.76. The first-order chi connectivity index (χ1) is 6.25. The highest BCUT2D eigenvalue weighted by Crippen LogP contribution is 2.82. The summed E-state index contributed by atoms with van der Waals surface area (Å²) in [5.74, 6) is 3.99. The Morgan fingerprint density at radius 1 is 1.23 bits per heavy atom. The molecule has 5 aliphatic carbocycles. The molecule has 0 heterocycles. The average molecular weight is 176 g/mol. The molecule has 0 amide bonds. The van der Waals surface area contributed by atoms with Gasteiger partial charge < -0.3 is 5.11 Å². The summed E-state index contributed by atoms with van der Waals surface area (Å²) in [5.41, 5.74) is 0.479. The summed E-state index contributed by atoms with van der Waals surface area (Å²) >= 11 is 0. The van der Waals surface area contributed by atoms with Gasteiger partial charge in [-0.25, -0.2) is 0 Å². The maximum absolute atomic E-state index is 10.1. The Morgan fingerprint density at radius 2 is 2.08 bits per heavy atom. The lowest BCUT2D eigenvalue weighted by Gasteiger charge is -2.29. The fourth-order valence-corrected chi connectivity index (χ4v) is 5.23. The third kappa shape index (κ3) is 0.527. The summed E-state index contributed by atoms with van der Waals surface area (Å²) in [6, 6.07) is 0. The van der Waals surface area contributed by atoms with Crippen molar-refractivity contribution in [2.24, 2.45) is 35.0 Å². The summed E-state index contributed by atoms with van der Waals surface area (Å²) in [5, 5.41) is 10.1. The Hall–Kier alpha value is -0.300. The molecule has 13 heavy (non-hydrogen) atoms. The molecule has 5 rings (SSSR count). The summed E-state index contributed by atoms with van der Waals surface area (Å²) in [7, 11) is 0. The maximum Gasteiger partial charge on any atom is 0.0610 e. The zero-order valence-corrected chi connectivity index (χ0v) is 7.98. The van der Waals surface area contributed by atoms with Gasteiger partial charge in [-0.1, -0.05) is 19.1 Å². The van der Waals surface area contributed by atoms with E-state index >= 15 is 0 Å². The molecule has 7 unspecified atom stereocenters. The van der Waals surface area contributed by atoms with Crippen LogP contribution in [0, 0.1) is 35.0 Å². The van der Waals surface area contributed by atoms with Gasteiger partial charge in [-0.3, -0.25) is 0 Å². The minimum Gasteiger partial charge on any atom is -0.392 e. The Labute approximate surface area is 78.8 Å². The van der Waals surface area contributed by atoms with E-state index < -0.39 is 0 Å². The van der Waals surface area contributed by atoms with Crippen molar-refractivity contribution in [1.29, 1.82) is 0 Å². The van der Waals surface area contributed by atoms with Crippen LogP contribution in [0.15, 0.2) is 12.2 Å². The van der Waals surface area contributed by atoms with Gasteiger partial charge in [-0.15, -0.1) is 0 Å². The molecule has 6 bridgehead atoms. The van der Waals surface area contributed by atoms with Gasteiger partial charge in [-0.05, 0) is 47.8 Å². The molecule has 1 N–H and O–H groups in total. The van der Waals surface area contributed by atoms with E-state index in [-0.39, 0.29) is 6.10 Å². The zero-order valence-electron chi connectivity index (χ0n) is 7.98. The third-order valence-electron chi connectivity index (χ3n) is 5.51. The maximum atomic E-state index is 10.1. The Bertz CT molecular complexity index is 308. The van der Waals surface area contributed by atoms with E-state index in [1.807, 2.05) is 0 Å². The number of hydrogen-bond acceptors (Lipinski definition) is 1. The van der Waals surface area contributed by atoms with Gasteiger partial charge >= 0.3 is 0 Å². The number of allylic oxidation sites excluding steroid dienone is 2. The number of aliphatic hydroxyl groups excluding tert-OH is 1. The Morgan fingerprint density at radius 3 is 2.85 bits per heavy atom. The molecule has 0 aliphatic heterocycles. The van der Waals surface area contributed by atoms with Gasteiger partial charge in [0.2, 0.25) is 0 Å².